The highest BCUT2D eigenvalue weighted by Gasteiger charge is 2.22. The molecular weight excluding hydrogens is 414 g/mol. The van der Waals surface area contributed by atoms with Crippen LogP contribution in [-0.4, -0.2) is 37.5 Å². The molecule has 3 aromatic carbocycles. The van der Waals surface area contributed by atoms with Crippen LogP contribution in [0.4, 0.5) is 5.69 Å². The monoisotopic (exact) mass is 443 g/mol. The van der Waals surface area contributed by atoms with Crippen LogP contribution in [0.2, 0.25) is 0 Å². The number of anilines is 1. The van der Waals surface area contributed by atoms with E-state index in [4.69, 9.17) is 4.74 Å². The Morgan fingerprint density at radius 1 is 0.879 bits per heavy atom. The highest BCUT2D eigenvalue weighted by atomic mass is 16.5. The fourth-order valence-electron chi connectivity index (χ4n) is 3.91. The Bertz CT molecular complexity index is 1050. The third-order valence-electron chi connectivity index (χ3n) is 5.61. The summed E-state index contributed by atoms with van der Waals surface area (Å²) in [6.07, 6.45) is 2.00. The first-order chi connectivity index (χ1) is 16.2. The second kappa shape index (κ2) is 11.3. The first kappa shape index (κ1) is 22.6. The molecule has 1 heterocycles. The maximum Gasteiger partial charge on any atom is 0.240 e. The number of para-hydroxylation sites is 1. The molecule has 3 aromatic rings. The van der Waals surface area contributed by atoms with E-state index in [0.29, 0.717) is 17.2 Å². The number of hydrogen-bond acceptors (Lipinski definition) is 4. The van der Waals surface area contributed by atoms with Gasteiger partial charge in [-0.3, -0.25) is 9.59 Å². The summed E-state index contributed by atoms with van der Waals surface area (Å²) in [6, 6.07) is 26.5. The zero-order chi connectivity index (χ0) is 22.9. The van der Waals surface area contributed by atoms with Crippen LogP contribution in [0, 0.1) is 0 Å². The van der Waals surface area contributed by atoms with Crippen LogP contribution in [0.3, 0.4) is 0 Å². The van der Waals surface area contributed by atoms with Crippen molar-refractivity contribution in [1.82, 2.24) is 10.6 Å². The van der Waals surface area contributed by atoms with Gasteiger partial charge in [-0.2, -0.15) is 0 Å². The van der Waals surface area contributed by atoms with Crippen LogP contribution in [0.25, 0.3) is 0 Å². The van der Waals surface area contributed by atoms with Crippen LogP contribution in [0.15, 0.2) is 84.9 Å². The molecule has 2 amide bonds. The average Bonchev–Trinajstić information content (AvgIpc) is 2.84. The number of carbonyl (C=O) groups excluding carboxylic acids is 2. The van der Waals surface area contributed by atoms with E-state index in [1.54, 1.807) is 11.0 Å². The standard InChI is InChI=1S/C27H29N3O3/c31-26(29-22-14-16-28-17-15-22)20-30(27(32)18-21-8-3-1-4-9-21)23-10-7-13-25(19-23)33-24-11-5-2-6-12-24/h1-13,19,22,28H,14-18,20H2,(H,29,31). The van der Waals surface area contributed by atoms with Gasteiger partial charge >= 0.3 is 0 Å². The molecule has 1 saturated heterocycles. The van der Waals surface area contributed by atoms with Crippen LogP contribution in [0.1, 0.15) is 18.4 Å². The number of benzene rings is 3. The van der Waals surface area contributed by atoms with Crippen LogP contribution < -0.4 is 20.3 Å². The minimum Gasteiger partial charge on any atom is -0.457 e. The molecule has 0 aliphatic carbocycles. The maximum atomic E-state index is 13.3. The largest absolute Gasteiger partial charge is 0.457 e. The summed E-state index contributed by atoms with van der Waals surface area (Å²) in [5.41, 5.74) is 1.53. The molecule has 1 aliphatic heterocycles. The van der Waals surface area contributed by atoms with Crippen LogP contribution in [-0.2, 0) is 16.0 Å². The van der Waals surface area contributed by atoms with E-state index in [1.165, 1.54) is 0 Å². The Morgan fingerprint density at radius 2 is 1.55 bits per heavy atom. The van der Waals surface area contributed by atoms with Gasteiger partial charge in [0.15, 0.2) is 0 Å². The quantitative estimate of drug-likeness (QED) is 0.554. The van der Waals surface area contributed by atoms with Crippen molar-refractivity contribution < 1.29 is 14.3 Å². The molecule has 0 atom stereocenters. The molecule has 6 nitrogen and oxygen atoms in total. The number of rotatable bonds is 8. The normalized spacial score (nSPS) is 13.8. The van der Waals surface area contributed by atoms with E-state index < -0.39 is 0 Å². The molecule has 6 heteroatoms. The van der Waals surface area contributed by atoms with Crippen molar-refractivity contribution >= 4 is 17.5 Å². The second-order valence-corrected chi connectivity index (χ2v) is 8.15. The minimum atomic E-state index is -0.155. The van der Waals surface area contributed by atoms with Gasteiger partial charge in [0.1, 0.15) is 18.0 Å². The smallest absolute Gasteiger partial charge is 0.240 e. The molecule has 170 valence electrons. The molecule has 4 rings (SSSR count). The first-order valence-corrected chi connectivity index (χ1v) is 11.3. The summed E-state index contributed by atoms with van der Waals surface area (Å²) in [5, 5.41) is 6.38. The Morgan fingerprint density at radius 3 is 2.27 bits per heavy atom. The van der Waals surface area contributed by atoms with Gasteiger partial charge in [0, 0.05) is 17.8 Å². The molecule has 1 aliphatic rings. The van der Waals surface area contributed by atoms with Crippen molar-refractivity contribution in [3.05, 3.63) is 90.5 Å². The van der Waals surface area contributed by atoms with E-state index in [-0.39, 0.29) is 30.8 Å². The van der Waals surface area contributed by atoms with E-state index in [0.717, 1.165) is 31.5 Å². The molecule has 0 spiro atoms. The van der Waals surface area contributed by atoms with Crippen molar-refractivity contribution in [3.63, 3.8) is 0 Å². The van der Waals surface area contributed by atoms with E-state index >= 15 is 0 Å². The lowest BCUT2D eigenvalue weighted by molar-refractivity contribution is -0.124. The zero-order valence-electron chi connectivity index (χ0n) is 18.6. The van der Waals surface area contributed by atoms with Crippen molar-refractivity contribution in [2.75, 3.05) is 24.5 Å². The number of nitrogens with zero attached hydrogens (tertiary/aromatic N) is 1. The lowest BCUT2D eigenvalue weighted by atomic mass is 10.1. The van der Waals surface area contributed by atoms with Gasteiger partial charge in [-0.05, 0) is 55.8 Å². The number of nitrogens with one attached hydrogen (secondary N) is 2. The van der Waals surface area contributed by atoms with Crippen molar-refractivity contribution in [3.8, 4) is 11.5 Å². The van der Waals surface area contributed by atoms with Crippen molar-refractivity contribution in [2.45, 2.75) is 25.3 Å². The Balaban J connectivity index is 1.53. The molecule has 0 unspecified atom stereocenters. The lowest BCUT2D eigenvalue weighted by Crippen LogP contribution is -2.47. The van der Waals surface area contributed by atoms with Gasteiger partial charge in [-0.1, -0.05) is 54.6 Å². The molecular formula is C27H29N3O3. The zero-order valence-corrected chi connectivity index (χ0v) is 18.6. The predicted octanol–water partition coefficient (Wildman–Crippen LogP) is 3.92. The third-order valence-corrected chi connectivity index (χ3v) is 5.61. The van der Waals surface area contributed by atoms with Gasteiger partial charge in [-0.15, -0.1) is 0 Å². The van der Waals surface area contributed by atoms with E-state index in [9.17, 15) is 9.59 Å². The number of amides is 2. The highest BCUT2D eigenvalue weighted by Crippen LogP contribution is 2.26. The van der Waals surface area contributed by atoms with Gasteiger partial charge in [0.05, 0.1) is 6.42 Å². The van der Waals surface area contributed by atoms with Crippen LogP contribution >= 0.6 is 0 Å². The molecule has 0 bridgehead atoms. The number of hydrogen-bond donors (Lipinski definition) is 2. The van der Waals surface area contributed by atoms with Crippen molar-refractivity contribution in [2.24, 2.45) is 0 Å². The topological polar surface area (TPSA) is 70.7 Å². The SMILES string of the molecule is O=C(CN(C(=O)Cc1ccccc1)c1cccc(Oc2ccccc2)c1)NC1CCNCC1. The number of ether oxygens (including phenoxy) is 1. The Kier molecular flexibility index (Phi) is 7.72. The predicted molar refractivity (Wildman–Crippen MR) is 129 cm³/mol. The second-order valence-electron chi connectivity index (χ2n) is 8.15. The first-order valence-electron chi connectivity index (χ1n) is 11.3. The lowest BCUT2D eigenvalue weighted by Gasteiger charge is -2.27. The Labute approximate surface area is 194 Å². The summed E-state index contributed by atoms with van der Waals surface area (Å²) in [4.78, 5) is 27.7. The van der Waals surface area contributed by atoms with Gasteiger partial charge in [-0.25, -0.2) is 0 Å². The highest BCUT2D eigenvalue weighted by molar-refractivity contribution is 5.99. The average molecular weight is 444 g/mol. The van der Waals surface area contributed by atoms with Gasteiger partial charge < -0.3 is 20.3 Å². The summed E-state index contributed by atoms with van der Waals surface area (Å²) in [5.74, 6) is 1.02. The van der Waals surface area contributed by atoms with Gasteiger partial charge in [0.25, 0.3) is 0 Å². The molecule has 0 saturated carbocycles. The number of carbonyl (C=O) groups is 2. The summed E-state index contributed by atoms with van der Waals surface area (Å²) in [6.45, 7) is 1.74. The molecule has 0 radical (unpaired) electrons. The maximum absolute atomic E-state index is 13.3. The number of piperidine rings is 1. The molecule has 33 heavy (non-hydrogen) atoms. The molecule has 0 aromatic heterocycles. The Hall–Kier alpha value is -3.64. The van der Waals surface area contributed by atoms with Crippen LogP contribution in [0.5, 0.6) is 11.5 Å². The van der Waals surface area contributed by atoms with E-state index in [2.05, 4.69) is 10.6 Å². The fourth-order valence-corrected chi connectivity index (χ4v) is 3.91. The third kappa shape index (κ3) is 6.67. The molecule has 1 fully saturated rings. The molecule has 2 N–H and O–H groups in total. The van der Waals surface area contributed by atoms with Crippen molar-refractivity contribution in [1.29, 1.82) is 0 Å². The summed E-state index contributed by atoms with van der Waals surface area (Å²) >= 11 is 0. The minimum absolute atomic E-state index is 0.0373. The summed E-state index contributed by atoms with van der Waals surface area (Å²) < 4.78 is 5.95. The summed E-state index contributed by atoms with van der Waals surface area (Å²) in [7, 11) is 0. The van der Waals surface area contributed by atoms with Gasteiger partial charge in [0.2, 0.25) is 11.8 Å². The fraction of sp³-hybridized carbons (Fsp3) is 0.259. The van der Waals surface area contributed by atoms with E-state index in [1.807, 2.05) is 78.9 Å².